The molecule has 0 aromatic carbocycles. The second-order valence-electron chi connectivity index (χ2n) is 1.24. The summed E-state index contributed by atoms with van der Waals surface area (Å²) in [6, 6.07) is 0. The van der Waals surface area contributed by atoms with Gasteiger partial charge in [0.05, 0.1) is 0 Å². The standard InChI is InChI=1S/C5H8FN/c1-2-3-5(6)4-7/h1,5H,3-4,7H2. The molecule has 0 saturated heterocycles. The number of halogens is 1. The van der Waals surface area contributed by atoms with Gasteiger partial charge < -0.3 is 5.73 Å². The molecule has 0 spiro atoms. The highest BCUT2D eigenvalue weighted by Crippen LogP contribution is 1.90. The fourth-order valence-electron chi connectivity index (χ4n) is 0.211. The topological polar surface area (TPSA) is 26.0 Å². The van der Waals surface area contributed by atoms with Crippen molar-refractivity contribution in [1.82, 2.24) is 0 Å². The summed E-state index contributed by atoms with van der Waals surface area (Å²) in [6.07, 6.45) is 3.89. The molecule has 0 aromatic heterocycles. The van der Waals surface area contributed by atoms with Crippen molar-refractivity contribution in [1.29, 1.82) is 0 Å². The average molecular weight is 101 g/mol. The summed E-state index contributed by atoms with van der Waals surface area (Å²) >= 11 is 0. The summed E-state index contributed by atoms with van der Waals surface area (Å²) < 4.78 is 11.9. The molecule has 1 unspecified atom stereocenters. The number of rotatable bonds is 2. The summed E-state index contributed by atoms with van der Waals surface area (Å²) in [7, 11) is 0. The molecule has 7 heavy (non-hydrogen) atoms. The fourth-order valence-corrected chi connectivity index (χ4v) is 0.211. The van der Waals surface area contributed by atoms with Crippen LogP contribution >= 0.6 is 0 Å². The first-order chi connectivity index (χ1) is 3.31. The summed E-state index contributed by atoms with van der Waals surface area (Å²) in [4.78, 5) is 0. The van der Waals surface area contributed by atoms with E-state index >= 15 is 0 Å². The average Bonchev–Trinajstić information content (AvgIpc) is 1.68. The normalized spacial score (nSPS) is 12.7. The van der Waals surface area contributed by atoms with Gasteiger partial charge in [0, 0.05) is 13.0 Å². The molecular weight excluding hydrogens is 93.1 g/mol. The lowest BCUT2D eigenvalue weighted by atomic mass is 10.3. The monoisotopic (exact) mass is 101 g/mol. The highest BCUT2D eigenvalue weighted by molar-refractivity contribution is 4.86. The van der Waals surface area contributed by atoms with Crippen molar-refractivity contribution in [2.75, 3.05) is 6.54 Å². The molecule has 0 aliphatic heterocycles. The summed E-state index contributed by atoms with van der Waals surface area (Å²) in [5.41, 5.74) is 4.89. The maximum absolute atomic E-state index is 11.9. The van der Waals surface area contributed by atoms with Crippen molar-refractivity contribution in [2.45, 2.75) is 12.6 Å². The predicted octanol–water partition coefficient (Wildman–Crippen LogP) is 0.307. The van der Waals surface area contributed by atoms with Gasteiger partial charge in [-0.1, -0.05) is 0 Å². The molecule has 0 rings (SSSR count). The molecule has 0 bridgehead atoms. The third-order valence-corrected chi connectivity index (χ3v) is 0.595. The van der Waals surface area contributed by atoms with E-state index < -0.39 is 6.17 Å². The summed E-state index contributed by atoms with van der Waals surface area (Å²) in [6.45, 7) is 0.0319. The Bertz CT molecular complexity index is 74.6. The number of hydrogen-bond donors (Lipinski definition) is 1. The molecule has 2 heteroatoms. The van der Waals surface area contributed by atoms with Crippen LogP contribution in [0.1, 0.15) is 6.42 Å². The van der Waals surface area contributed by atoms with E-state index in [1.807, 2.05) is 0 Å². The Labute approximate surface area is 42.7 Å². The van der Waals surface area contributed by atoms with Crippen molar-refractivity contribution in [2.24, 2.45) is 5.73 Å². The lowest BCUT2D eigenvalue weighted by molar-refractivity contribution is 0.349. The molecular formula is C5H8FN. The summed E-state index contributed by atoms with van der Waals surface area (Å²) in [5, 5.41) is 0. The lowest BCUT2D eigenvalue weighted by Crippen LogP contribution is -2.13. The minimum Gasteiger partial charge on any atom is -0.328 e. The van der Waals surface area contributed by atoms with E-state index in [0.717, 1.165) is 0 Å². The van der Waals surface area contributed by atoms with Crippen LogP contribution in [0.25, 0.3) is 0 Å². The Hall–Kier alpha value is -0.550. The zero-order valence-electron chi connectivity index (χ0n) is 4.02. The zero-order chi connectivity index (χ0) is 5.70. The largest absolute Gasteiger partial charge is 0.328 e. The van der Waals surface area contributed by atoms with Crippen LogP contribution in [0.3, 0.4) is 0 Å². The van der Waals surface area contributed by atoms with E-state index in [1.54, 1.807) is 0 Å². The second kappa shape index (κ2) is 3.63. The first kappa shape index (κ1) is 6.45. The molecule has 0 amide bonds. The van der Waals surface area contributed by atoms with Gasteiger partial charge in [0.25, 0.3) is 0 Å². The van der Waals surface area contributed by atoms with Gasteiger partial charge >= 0.3 is 0 Å². The highest BCUT2D eigenvalue weighted by atomic mass is 19.1. The van der Waals surface area contributed by atoms with Crippen LogP contribution in [0, 0.1) is 12.3 Å². The molecule has 0 heterocycles. The third-order valence-electron chi connectivity index (χ3n) is 0.595. The predicted molar refractivity (Wildman–Crippen MR) is 27.4 cm³/mol. The van der Waals surface area contributed by atoms with Crippen molar-refractivity contribution < 1.29 is 4.39 Å². The highest BCUT2D eigenvalue weighted by Gasteiger charge is 1.96. The van der Waals surface area contributed by atoms with E-state index in [4.69, 9.17) is 12.2 Å². The Morgan fingerprint density at radius 3 is 2.57 bits per heavy atom. The number of alkyl halides is 1. The number of terminal acetylenes is 1. The van der Waals surface area contributed by atoms with Gasteiger partial charge in [-0.3, -0.25) is 0 Å². The minimum atomic E-state index is -1.01. The van der Waals surface area contributed by atoms with E-state index in [2.05, 4.69) is 5.92 Å². The number of nitrogens with two attached hydrogens (primary N) is 1. The molecule has 0 radical (unpaired) electrons. The van der Waals surface area contributed by atoms with E-state index in [9.17, 15) is 4.39 Å². The molecule has 40 valence electrons. The molecule has 0 fully saturated rings. The van der Waals surface area contributed by atoms with Gasteiger partial charge in [-0.25, -0.2) is 4.39 Å². The van der Waals surface area contributed by atoms with E-state index in [1.165, 1.54) is 0 Å². The Balaban J connectivity index is 3.03. The van der Waals surface area contributed by atoms with Crippen molar-refractivity contribution in [3.05, 3.63) is 0 Å². The van der Waals surface area contributed by atoms with Gasteiger partial charge in [0.2, 0.25) is 0 Å². The zero-order valence-corrected chi connectivity index (χ0v) is 4.02. The van der Waals surface area contributed by atoms with Crippen LogP contribution in [0.5, 0.6) is 0 Å². The van der Waals surface area contributed by atoms with Gasteiger partial charge in [0.15, 0.2) is 0 Å². The minimum absolute atomic E-state index is 0.0319. The molecule has 1 nitrogen and oxygen atoms in total. The van der Waals surface area contributed by atoms with E-state index in [-0.39, 0.29) is 13.0 Å². The Kier molecular flexibility index (Phi) is 3.35. The van der Waals surface area contributed by atoms with Gasteiger partial charge in [-0.15, -0.1) is 12.3 Å². The quantitative estimate of drug-likeness (QED) is 0.497. The first-order valence-electron chi connectivity index (χ1n) is 2.09. The Morgan fingerprint density at radius 2 is 2.43 bits per heavy atom. The molecule has 0 aromatic rings. The molecule has 1 atom stereocenters. The van der Waals surface area contributed by atoms with Gasteiger partial charge in [-0.05, 0) is 0 Å². The molecule has 0 aliphatic carbocycles. The Morgan fingerprint density at radius 1 is 1.86 bits per heavy atom. The molecule has 2 N–H and O–H groups in total. The SMILES string of the molecule is C#CCC(F)CN. The fraction of sp³-hybridized carbons (Fsp3) is 0.600. The van der Waals surface area contributed by atoms with Crippen LogP contribution in [0.4, 0.5) is 4.39 Å². The van der Waals surface area contributed by atoms with Crippen LogP contribution in [-0.2, 0) is 0 Å². The van der Waals surface area contributed by atoms with Crippen LogP contribution in [0.2, 0.25) is 0 Å². The summed E-state index contributed by atoms with van der Waals surface area (Å²) in [5.74, 6) is 2.16. The molecule has 0 aliphatic rings. The van der Waals surface area contributed by atoms with Gasteiger partial charge in [-0.2, -0.15) is 0 Å². The number of hydrogen-bond acceptors (Lipinski definition) is 1. The lowest BCUT2D eigenvalue weighted by Gasteiger charge is -1.94. The van der Waals surface area contributed by atoms with Crippen LogP contribution in [0.15, 0.2) is 0 Å². The second-order valence-corrected chi connectivity index (χ2v) is 1.24. The van der Waals surface area contributed by atoms with Crippen LogP contribution < -0.4 is 5.73 Å². The third kappa shape index (κ3) is 3.28. The maximum Gasteiger partial charge on any atom is 0.123 e. The smallest absolute Gasteiger partial charge is 0.123 e. The molecule has 0 saturated carbocycles. The first-order valence-corrected chi connectivity index (χ1v) is 2.09. The van der Waals surface area contributed by atoms with Crippen LogP contribution in [-0.4, -0.2) is 12.7 Å². The van der Waals surface area contributed by atoms with Crippen molar-refractivity contribution >= 4 is 0 Å². The maximum atomic E-state index is 11.9. The van der Waals surface area contributed by atoms with E-state index in [0.29, 0.717) is 0 Å². The van der Waals surface area contributed by atoms with Gasteiger partial charge in [0.1, 0.15) is 6.17 Å². The van der Waals surface area contributed by atoms with Crippen molar-refractivity contribution in [3.8, 4) is 12.3 Å². The van der Waals surface area contributed by atoms with Crippen molar-refractivity contribution in [3.63, 3.8) is 0 Å².